The van der Waals surface area contributed by atoms with Crippen molar-refractivity contribution in [3.8, 4) is 0 Å². The Labute approximate surface area is 166 Å². The van der Waals surface area contributed by atoms with Crippen LogP contribution < -0.4 is 5.32 Å². The Hall–Kier alpha value is -2.19. The summed E-state index contributed by atoms with van der Waals surface area (Å²) in [7, 11) is -3.59. The first-order chi connectivity index (χ1) is 13.4. The van der Waals surface area contributed by atoms with Gasteiger partial charge in [0.2, 0.25) is 5.91 Å². The van der Waals surface area contributed by atoms with E-state index in [0.717, 1.165) is 0 Å². The molecule has 1 aromatic heterocycles. The third kappa shape index (κ3) is 4.62. The number of nitrogens with zero attached hydrogens (tertiary/aromatic N) is 3. The van der Waals surface area contributed by atoms with E-state index in [1.807, 2.05) is 25.1 Å². The third-order valence-electron chi connectivity index (χ3n) is 5.35. The van der Waals surface area contributed by atoms with Gasteiger partial charge in [0.25, 0.3) is 10.0 Å². The molecular formula is C20H28N4O3S. The molecule has 1 N–H and O–H groups in total. The third-order valence-corrected chi connectivity index (χ3v) is 7.14. The number of nitrogens with one attached hydrogen (secondary N) is 1. The standard InChI is InChI=1S/C20H28N4O3S/c1-3-23-14-19(22-15-23)28(26,27)24-11-9-18(10-12-24)20(25)21-13-16(2)17-7-5-4-6-8-17/h4-8,14-16,18H,3,9-13H2,1-2H3,(H,21,25)/t16-/m1/s1. The number of piperidine rings is 1. The summed E-state index contributed by atoms with van der Waals surface area (Å²) in [6.07, 6.45) is 4.14. The molecule has 0 bridgehead atoms. The van der Waals surface area contributed by atoms with Crippen molar-refractivity contribution < 1.29 is 13.2 Å². The van der Waals surface area contributed by atoms with Gasteiger partial charge < -0.3 is 9.88 Å². The van der Waals surface area contributed by atoms with E-state index >= 15 is 0 Å². The van der Waals surface area contributed by atoms with E-state index in [-0.39, 0.29) is 22.8 Å². The zero-order valence-corrected chi connectivity index (χ0v) is 17.2. The Kier molecular flexibility index (Phi) is 6.51. The first-order valence-corrected chi connectivity index (χ1v) is 11.2. The molecule has 152 valence electrons. The summed E-state index contributed by atoms with van der Waals surface area (Å²) >= 11 is 0. The predicted molar refractivity (Wildman–Crippen MR) is 107 cm³/mol. The summed E-state index contributed by atoms with van der Waals surface area (Å²) in [4.78, 5) is 16.5. The van der Waals surface area contributed by atoms with Crippen molar-refractivity contribution in [1.82, 2.24) is 19.2 Å². The number of carbonyl (C=O) groups excluding carboxylic acids is 1. The van der Waals surface area contributed by atoms with Gasteiger partial charge in [-0.05, 0) is 31.2 Å². The highest BCUT2D eigenvalue weighted by Crippen LogP contribution is 2.23. The van der Waals surface area contributed by atoms with Gasteiger partial charge in [-0.1, -0.05) is 37.3 Å². The maximum atomic E-state index is 12.7. The highest BCUT2D eigenvalue weighted by Gasteiger charge is 2.33. The number of hydrogen-bond donors (Lipinski definition) is 1. The van der Waals surface area contributed by atoms with Crippen LogP contribution in [0, 0.1) is 5.92 Å². The fourth-order valence-electron chi connectivity index (χ4n) is 3.43. The molecule has 1 saturated heterocycles. The number of sulfonamides is 1. The quantitative estimate of drug-likeness (QED) is 0.767. The molecule has 0 saturated carbocycles. The van der Waals surface area contributed by atoms with Crippen LogP contribution in [0.5, 0.6) is 0 Å². The molecule has 1 aliphatic rings. The lowest BCUT2D eigenvalue weighted by atomic mass is 9.96. The first-order valence-electron chi connectivity index (χ1n) is 9.76. The topological polar surface area (TPSA) is 84.3 Å². The molecule has 0 unspecified atom stereocenters. The highest BCUT2D eigenvalue weighted by molar-refractivity contribution is 7.89. The Morgan fingerprint density at radius 3 is 2.54 bits per heavy atom. The molecule has 2 aromatic rings. The van der Waals surface area contributed by atoms with E-state index < -0.39 is 10.0 Å². The highest BCUT2D eigenvalue weighted by atomic mass is 32.2. The molecule has 3 rings (SSSR count). The lowest BCUT2D eigenvalue weighted by molar-refractivity contribution is -0.126. The Morgan fingerprint density at radius 1 is 1.25 bits per heavy atom. The van der Waals surface area contributed by atoms with E-state index in [9.17, 15) is 13.2 Å². The molecule has 28 heavy (non-hydrogen) atoms. The molecule has 1 aliphatic heterocycles. The molecule has 1 atom stereocenters. The summed E-state index contributed by atoms with van der Waals surface area (Å²) in [6, 6.07) is 10.1. The first kappa shape index (κ1) is 20.5. The van der Waals surface area contributed by atoms with Crippen LogP contribution in [0.2, 0.25) is 0 Å². The van der Waals surface area contributed by atoms with E-state index in [1.54, 1.807) is 10.8 Å². The summed E-state index contributed by atoms with van der Waals surface area (Å²) in [6.45, 7) is 5.95. The van der Waals surface area contributed by atoms with Gasteiger partial charge in [-0.15, -0.1) is 0 Å². The monoisotopic (exact) mass is 404 g/mol. The normalized spacial score (nSPS) is 17.4. The van der Waals surface area contributed by atoms with E-state index in [0.29, 0.717) is 39.0 Å². The van der Waals surface area contributed by atoms with Gasteiger partial charge in [0, 0.05) is 38.3 Å². The van der Waals surface area contributed by atoms with Crippen LogP contribution in [0.4, 0.5) is 0 Å². The second kappa shape index (κ2) is 8.87. The van der Waals surface area contributed by atoms with Crippen LogP contribution in [0.15, 0.2) is 47.9 Å². The van der Waals surface area contributed by atoms with Gasteiger partial charge in [-0.3, -0.25) is 4.79 Å². The minimum Gasteiger partial charge on any atom is -0.355 e. The lowest BCUT2D eigenvalue weighted by Crippen LogP contribution is -2.43. The number of rotatable bonds is 7. The molecule has 1 fully saturated rings. The molecule has 7 nitrogen and oxygen atoms in total. The van der Waals surface area contributed by atoms with E-state index in [2.05, 4.69) is 29.4 Å². The average molecular weight is 405 g/mol. The van der Waals surface area contributed by atoms with Crippen molar-refractivity contribution in [2.24, 2.45) is 5.92 Å². The van der Waals surface area contributed by atoms with Gasteiger partial charge in [-0.2, -0.15) is 4.31 Å². The van der Waals surface area contributed by atoms with Crippen molar-refractivity contribution in [1.29, 1.82) is 0 Å². The number of aryl methyl sites for hydroxylation is 1. The number of benzene rings is 1. The Balaban J connectivity index is 1.51. The number of carbonyl (C=O) groups is 1. The largest absolute Gasteiger partial charge is 0.355 e. The fourth-order valence-corrected chi connectivity index (χ4v) is 4.84. The van der Waals surface area contributed by atoms with Crippen LogP contribution in [0.3, 0.4) is 0 Å². The Bertz CT molecular complexity index is 887. The minimum atomic E-state index is -3.59. The van der Waals surface area contributed by atoms with Gasteiger partial charge in [0.15, 0.2) is 5.03 Å². The van der Waals surface area contributed by atoms with E-state index in [4.69, 9.17) is 0 Å². The molecule has 0 spiro atoms. The number of imidazole rings is 1. The maximum Gasteiger partial charge on any atom is 0.262 e. The lowest BCUT2D eigenvalue weighted by Gasteiger charge is -2.30. The summed E-state index contributed by atoms with van der Waals surface area (Å²) in [5.41, 5.74) is 1.19. The van der Waals surface area contributed by atoms with Crippen molar-refractivity contribution in [3.63, 3.8) is 0 Å². The average Bonchev–Trinajstić information content (AvgIpc) is 3.23. The second-order valence-corrected chi connectivity index (χ2v) is 9.16. The van der Waals surface area contributed by atoms with Gasteiger partial charge in [-0.25, -0.2) is 13.4 Å². The van der Waals surface area contributed by atoms with Crippen LogP contribution >= 0.6 is 0 Å². The maximum absolute atomic E-state index is 12.7. The van der Waals surface area contributed by atoms with Crippen molar-refractivity contribution in [2.75, 3.05) is 19.6 Å². The van der Waals surface area contributed by atoms with Crippen molar-refractivity contribution in [3.05, 3.63) is 48.4 Å². The number of aromatic nitrogens is 2. The van der Waals surface area contributed by atoms with Crippen LogP contribution in [-0.4, -0.2) is 47.8 Å². The molecular weight excluding hydrogens is 376 g/mol. The van der Waals surface area contributed by atoms with Gasteiger partial charge in [0.1, 0.15) is 0 Å². The zero-order chi connectivity index (χ0) is 20.1. The second-order valence-electron chi connectivity index (χ2n) is 7.28. The molecule has 1 aromatic carbocycles. The van der Waals surface area contributed by atoms with E-state index in [1.165, 1.54) is 16.2 Å². The summed E-state index contributed by atoms with van der Waals surface area (Å²) < 4.78 is 28.6. The van der Waals surface area contributed by atoms with Crippen LogP contribution in [0.25, 0.3) is 0 Å². The van der Waals surface area contributed by atoms with Crippen LogP contribution in [0.1, 0.15) is 38.2 Å². The number of hydrogen-bond acceptors (Lipinski definition) is 4. The molecule has 0 aliphatic carbocycles. The minimum absolute atomic E-state index is 0.00934. The SMILES string of the molecule is CCn1cnc(S(=O)(=O)N2CCC(C(=O)NC[C@@H](C)c3ccccc3)CC2)c1. The summed E-state index contributed by atoms with van der Waals surface area (Å²) in [5, 5.41) is 3.10. The van der Waals surface area contributed by atoms with Gasteiger partial charge >= 0.3 is 0 Å². The van der Waals surface area contributed by atoms with Crippen molar-refractivity contribution in [2.45, 2.75) is 44.2 Å². The van der Waals surface area contributed by atoms with Gasteiger partial charge in [0.05, 0.1) is 6.33 Å². The Morgan fingerprint density at radius 2 is 1.93 bits per heavy atom. The predicted octanol–water partition coefficient (Wildman–Crippen LogP) is 2.22. The summed E-state index contributed by atoms with van der Waals surface area (Å²) in [5.74, 6) is 0.0945. The zero-order valence-electron chi connectivity index (χ0n) is 16.4. The molecule has 8 heteroatoms. The fraction of sp³-hybridized carbons (Fsp3) is 0.500. The smallest absolute Gasteiger partial charge is 0.262 e. The molecule has 1 amide bonds. The van der Waals surface area contributed by atoms with Crippen LogP contribution in [-0.2, 0) is 21.4 Å². The van der Waals surface area contributed by atoms with Crippen molar-refractivity contribution >= 4 is 15.9 Å². The molecule has 2 heterocycles. The molecule has 0 radical (unpaired) electrons. The number of amides is 1.